The van der Waals surface area contributed by atoms with E-state index in [9.17, 15) is 23.1 Å². The number of thiophene rings is 1. The van der Waals surface area contributed by atoms with Crippen LogP contribution in [0, 0.1) is 5.92 Å². The maximum Gasteiger partial charge on any atom is 0.395 e. The zero-order valence-electron chi connectivity index (χ0n) is 21.4. The van der Waals surface area contributed by atoms with E-state index in [0.29, 0.717) is 48.6 Å². The van der Waals surface area contributed by atoms with Crippen molar-refractivity contribution in [3.05, 3.63) is 58.3 Å². The Morgan fingerprint density at radius 3 is 2.56 bits per heavy atom. The van der Waals surface area contributed by atoms with Gasteiger partial charge >= 0.3 is 12.1 Å². The van der Waals surface area contributed by atoms with E-state index in [0.717, 1.165) is 11.8 Å². The highest BCUT2D eigenvalue weighted by atomic mass is 32.1. The second kappa shape index (κ2) is 10.8. The van der Waals surface area contributed by atoms with Crippen molar-refractivity contribution in [2.75, 3.05) is 45.3 Å². The molecule has 2 aromatic heterocycles. The Labute approximate surface area is 227 Å². The standard InChI is InChI=1S/C26H28F3N5O4S/c1-37-21-4-3-16(26(27,28)29)13-19(21)34-20(15-23(35)36)24-18(6-12-39-24)31-25(34)33-10-8-32(9-11-33)17-5-7-30-22(14-17)38-2/h4-7,12-14,16,20H,3,8-11,15H2,1-2H3,(H,35,36)/t16?,20-/m1/s1. The van der Waals surface area contributed by atoms with Gasteiger partial charge in [0, 0.05) is 44.1 Å². The number of halogens is 3. The van der Waals surface area contributed by atoms with Gasteiger partial charge in [-0.1, -0.05) is 0 Å². The van der Waals surface area contributed by atoms with Crippen LogP contribution in [0.4, 0.5) is 24.5 Å². The molecule has 0 radical (unpaired) electrons. The first-order chi connectivity index (χ1) is 18.7. The number of fused-ring (bicyclic) bond motifs is 1. The van der Waals surface area contributed by atoms with Crippen LogP contribution in [0.15, 0.2) is 58.4 Å². The molecule has 0 saturated carbocycles. The quantitative estimate of drug-likeness (QED) is 0.537. The number of anilines is 1. The van der Waals surface area contributed by atoms with E-state index in [1.807, 2.05) is 28.5 Å². The van der Waals surface area contributed by atoms with Gasteiger partial charge in [0.15, 0.2) is 0 Å². The highest BCUT2D eigenvalue weighted by Gasteiger charge is 2.44. The number of piperazine rings is 1. The second-order valence-corrected chi connectivity index (χ2v) is 10.3. The molecule has 9 nitrogen and oxygen atoms in total. The Hall–Kier alpha value is -3.74. The average molecular weight is 564 g/mol. The molecular formula is C26H28F3N5O4S. The monoisotopic (exact) mass is 563 g/mol. The molecule has 39 heavy (non-hydrogen) atoms. The summed E-state index contributed by atoms with van der Waals surface area (Å²) in [6.45, 7) is 2.25. The summed E-state index contributed by atoms with van der Waals surface area (Å²) in [7, 11) is 2.96. The highest BCUT2D eigenvalue weighted by Crippen LogP contribution is 2.46. The van der Waals surface area contributed by atoms with Crippen molar-refractivity contribution >= 4 is 34.6 Å². The minimum absolute atomic E-state index is 0.177. The lowest BCUT2D eigenvalue weighted by molar-refractivity contribution is -0.161. The zero-order valence-corrected chi connectivity index (χ0v) is 22.2. The van der Waals surface area contributed by atoms with Crippen molar-refractivity contribution in [3.63, 3.8) is 0 Å². The molecule has 1 saturated heterocycles. The molecule has 1 aliphatic carbocycles. The van der Waals surface area contributed by atoms with Gasteiger partial charge in [-0.25, -0.2) is 9.98 Å². The van der Waals surface area contributed by atoms with Crippen LogP contribution in [-0.4, -0.2) is 78.4 Å². The van der Waals surface area contributed by atoms with Gasteiger partial charge in [-0.3, -0.25) is 9.69 Å². The van der Waals surface area contributed by atoms with Crippen LogP contribution in [0.25, 0.3) is 0 Å². The maximum absolute atomic E-state index is 13.8. The Morgan fingerprint density at radius 2 is 1.90 bits per heavy atom. The summed E-state index contributed by atoms with van der Waals surface area (Å²) >= 11 is 1.34. The largest absolute Gasteiger partial charge is 0.495 e. The summed E-state index contributed by atoms with van der Waals surface area (Å²) in [4.78, 5) is 27.5. The first-order valence-electron chi connectivity index (χ1n) is 12.4. The number of aromatic nitrogens is 1. The number of ether oxygens (including phenoxy) is 2. The minimum atomic E-state index is -4.46. The van der Waals surface area contributed by atoms with Gasteiger partial charge in [0.25, 0.3) is 0 Å². The number of hydrogen-bond donors (Lipinski definition) is 1. The highest BCUT2D eigenvalue weighted by molar-refractivity contribution is 7.10. The van der Waals surface area contributed by atoms with Crippen molar-refractivity contribution in [1.82, 2.24) is 14.8 Å². The molecule has 5 rings (SSSR count). The lowest BCUT2D eigenvalue weighted by Gasteiger charge is -2.45. The molecule has 208 valence electrons. The fourth-order valence-electron chi connectivity index (χ4n) is 5.09. The molecule has 2 atom stereocenters. The molecular weight excluding hydrogens is 535 g/mol. The fourth-order valence-corrected chi connectivity index (χ4v) is 6.01. The molecule has 0 aromatic carbocycles. The number of hydrogen-bond acceptors (Lipinski definition) is 9. The van der Waals surface area contributed by atoms with Crippen LogP contribution in [0.1, 0.15) is 23.8 Å². The maximum atomic E-state index is 13.8. The summed E-state index contributed by atoms with van der Waals surface area (Å²) in [5.41, 5.74) is 1.75. The SMILES string of the molecule is COC1=CCC(C(F)(F)F)C=C1N1C(N2CCN(c3ccnc(OC)c3)CC2)=Nc2ccsc2[C@H]1CC(=O)O. The average Bonchev–Trinajstić information content (AvgIpc) is 3.41. The van der Waals surface area contributed by atoms with Crippen LogP contribution in [0.5, 0.6) is 5.88 Å². The van der Waals surface area contributed by atoms with E-state index in [1.54, 1.807) is 18.2 Å². The van der Waals surface area contributed by atoms with Crippen LogP contribution in [-0.2, 0) is 9.53 Å². The number of alkyl halides is 3. The van der Waals surface area contributed by atoms with Gasteiger partial charge < -0.3 is 24.4 Å². The topological polar surface area (TPSA) is 90.7 Å². The van der Waals surface area contributed by atoms with Crippen molar-refractivity contribution in [2.24, 2.45) is 10.9 Å². The number of aliphatic imine (C=N–C) groups is 1. The van der Waals surface area contributed by atoms with Crippen LogP contribution in [0.3, 0.4) is 0 Å². The molecule has 1 fully saturated rings. The molecule has 0 spiro atoms. The Morgan fingerprint density at radius 1 is 1.15 bits per heavy atom. The number of allylic oxidation sites excluding steroid dienone is 2. The fraction of sp³-hybridized carbons (Fsp3) is 0.423. The third kappa shape index (κ3) is 5.40. The van der Waals surface area contributed by atoms with E-state index in [4.69, 9.17) is 14.5 Å². The second-order valence-electron chi connectivity index (χ2n) is 9.30. The van der Waals surface area contributed by atoms with E-state index in [-0.39, 0.29) is 24.3 Å². The smallest absolute Gasteiger partial charge is 0.395 e. The number of carboxylic acid groups (broad SMARTS) is 1. The first kappa shape index (κ1) is 26.9. The summed E-state index contributed by atoms with van der Waals surface area (Å²) in [6, 6.07) is 4.81. The molecule has 2 aliphatic heterocycles. The molecule has 2 aromatic rings. The molecule has 13 heteroatoms. The number of rotatable bonds is 6. The van der Waals surface area contributed by atoms with Crippen molar-refractivity contribution in [1.29, 1.82) is 0 Å². The Bertz CT molecular complexity index is 1320. The van der Waals surface area contributed by atoms with Crippen LogP contribution < -0.4 is 9.64 Å². The third-order valence-corrected chi connectivity index (χ3v) is 8.02. The number of carboxylic acids is 1. The summed E-state index contributed by atoms with van der Waals surface area (Å²) in [5.74, 6) is -1.60. The normalized spacial score (nSPS) is 21.6. The number of guanidine groups is 1. The molecule has 1 N–H and O–H groups in total. The number of carbonyl (C=O) groups is 1. The number of pyridine rings is 1. The van der Waals surface area contributed by atoms with Gasteiger partial charge in [-0.05, 0) is 36.1 Å². The Kier molecular flexibility index (Phi) is 7.43. The predicted molar refractivity (Wildman–Crippen MR) is 140 cm³/mol. The summed E-state index contributed by atoms with van der Waals surface area (Å²) in [6.07, 6.45) is -0.787. The molecule has 0 amide bonds. The first-order valence-corrected chi connectivity index (χ1v) is 13.3. The Balaban J connectivity index is 1.52. The van der Waals surface area contributed by atoms with Crippen LogP contribution in [0.2, 0.25) is 0 Å². The molecule has 1 unspecified atom stereocenters. The summed E-state index contributed by atoms with van der Waals surface area (Å²) in [5, 5.41) is 11.6. The third-order valence-electron chi connectivity index (χ3n) is 7.02. The van der Waals surface area contributed by atoms with E-state index in [2.05, 4.69) is 9.88 Å². The lowest BCUT2D eigenvalue weighted by atomic mass is 9.95. The van der Waals surface area contributed by atoms with Gasteiger partial charge in [-0.15, -0.1) is 11.3 Å². The van der Waals surface area contributed by atoms with Crippen molar-refractivity contribution < 1.29 is 32.5 Å². The molecule has 3 aliphatic rings. The summed E-state index contributed by atoms with van der Waals surface area (Å²) < 4.78 is 52.3. The number of nitrogens with zero attached hydrogens (tertiary/aromatic N) is 5. The zero-order chi connectivity index (χ0) is 27.7. The van der Waals surface area contributed by atoms with Gasteiger partial charge in [-0.2, -0.15) is 13.2 Å². The number of aliphatic carboxylic acids is 1. The predicted octanol–water partition coefficient (Wildman–Crippen LogP) is 4.79. The van der Waals surface area contributed by atoms with Gasteiger partial charge in [0.05, 0.1) is 48.9 Å². The minimum Gasteiger partial charge on any atom is -0.495 e. The van der Waals surface area contributed by atoms with Gasteiger partial charge in [0.1, 0.15) is 5.76 Å². The van der Waals surface area contributed by atoms with Crippen molar-refractivity contribution in [3.8, 4) is 5.88 Å². The molecule has 4 heterocycles. The van der Waals surface area contributed by atoms with Crippen LogP contribution >= 0.6 is 11.3 Å². The molecule has 0 bridgehead atoms. The van der Waals surface area contributed by atoms with E-state index < -0.39 is 24.1 Å². The van der Waals surface area contributed by atoms with Crippen molar-refractivity contribution in [2.45, 2.75) is 25.1 Å². The van der Waals surface area contributed by atoms with E-state index in [1.165, 1.54) is 24.5 Å². The lowest BCUT2D eigenvalue weighted by Crippen LogP contribution is -2.55. The number of methoxy groups -OCH3 is 2. The van der Waals surface area contributed by atoms with Gasteiger partial charge in [0.2, 0.25) is 11.8 Å². The van der Waals surface area contributed by atoms with E-state index >= 15 is 0 Å².